The Hall–Kier alpha value is -1.04. The van der Waals surface area contributed by atoms with E-state index in [1.165, 1.54) is 13.0 Å². The number of benzene rings is 1. The van der Waals surface area contributed by atoms with Gasteiger partial charge in [0.2, 0.25) is 0 Å². The van der Waals surface area contributed by atoms with Gasteiger partial charge in [0.25, 0.3) is 0 Å². The Kier molecular flexibility index (Phi) is 4.56. The van der Waals surface area contributed by atoms with Crippen LogP contribution in [0.3, 0.4) is 0 Å². The first-order chi connectivity index (χ1) is 7.79. The Morgan fingerprint density at radius 1 is 1.47 bits per heavy atom. The van der Waals surface area contributed by atoms with Gasteiger partial charge in [-0.2, -0.15) is 13.2 Å². The summed E-state index contributed by atoms with van der Waals surface area (Å²) in [5.74, 6) is -0.487. The molecule has 6 heteroatoms. The van der Waals surface area contributed by atoms with Crippen LogP contribution in [0.2, 0.25) is 0 Å². The van der Waals surface area contributed by atoms with E-state index in [1.54, 1.807) is 6.07 Å². The van der Waals surface area contributed by atoms with E-state index in [1.807, 2.05) is 0 Å². The molecule has 0 N–H and O–H groups in total. The van der Waals surface area contributed by atoms with Crippen LogP contribution >= 0.6 is 15.9 Å². The minimum absolute atomic E-state index is 0.184. The maximum atomic E-state index is 12.4. The number of alkyl halides is 4. The van der Waals surface area contributed by atoms with E-state index in [2.05, 4.69) is 15.9 Å². The zero-order valence-corrected chi connectivity index (χ0v) is 10.5. The second kappa shape index (κ2) is 5.53. The largest absolute Gasteiger partial charge is 0.451 e. The van der Waals surface area contributed by atoms with Gasteiger partial charge in [0.15, 0.2) is 5.01 Å². The molecule has 0 fully saturated rings. The molecule has 0 saturated heterocycles. The predicted molar refractivity (Wildman–Crippen MR) is 59.6 cm³/mol. The lowest BCUT2D eigenvalue weighted by molar-refractivity contribution is -0.142. The summed E-state index contributed by atoms with van der Waals surface area (Å²) in [6, 6.07) is 4.91. The van der Waals surface area contributed by atoms with Crippen LogP contribution in [0.25, 0.3) is 0 Å². The quantitative estimate of drug-likeness (QED) is 0.630. The van der Waals surface area contributed by atoms with E-state index in [0.717, 1.165) is 12.1 Å². The number of ether oxygens (including phenoxy) is 1. The van der Waals surface area contributed by atoms with E-state index in [4.69, 9.17) is 4.74 Å². The molecule has 0 radical (unpaired) electrons. The van der Waals surface area contributed by atoms with Crippen molar-refractivity contribution in [1.29, 1.82) is 0 Å². The van der Waals surface area contributed by atoms with Gasteiger partial charge >= 0.3 is 12.1 Å². The van der Waals surface area contributed by atoms with Crippen LogP contribution in [-0.4, -0.2) is 11.0 Å². The first kappa shape index (κ1) is 14.0. The molecule has 17 heavy (non-hydrogen) atoms. The Bertz CT molecular complexity index is 404. The fraction of sp³-hybridized carbons (Fsp3) is 0.364. The number of halogens is 4. The maximum Gasteiger partial charge on any atom is 0.416 e. The van der Waals surface area contributed by atoms with Crippen LogP contribution in [-0.2, 0) is 22.1 Å². The van der Waals surface area contributed by atoms with Gasteiger partial charge < -0.3 is 4.74 Å². The summed E-state index contributed by atoms with van der Waals surface area (Å²) in [5.41, 5.74) is -0.263. The van der Waals surface area contributed by atoms with E-state index < -0.39 is 22.7 Å². The zero-order valence-electron chi connectivity index (χ0n) is 8.92. The monoisotopic (exact) mass is 310 g/mol. The summed E-state index contributed by atoms with van der Waals surface area (Å²) in [7, 11) is 0. The zero-order chi connectivity index (χ0) is 13.1. The number of carbonyl (C=O) groups is 1. The SMILES string of the molecule is CC(=O)OC(Br)Cc1cccc(C(F)(F)F)c1. The van der Waals surface area contributed by atoms with Crippen molar-refractivity contribution in [2.75, 3.05) is 0 Å². The molecule has 0 heterocycles. The highest BCUT2D eigenvalue weighted by Gasteiger charge is 2.30. The van der Waals surface area contributed by atoms with Crippen LogP contribution < -0.4 is 0 Å². The Labute approximate surface area is 105 Å². The Morgan fingerprint density at radius 3 is 2.65 bits per heavy atom. The standard InChI is InChI=1S/C11H10BrF3O2/c1-7(16)17-10(12)6-8-3-2-4-9(5-8)11(13,14)15/h2-5,10H,6H2,1H3. The van der Waals surface area contributed by atoms with Crippen molar-refractivity contribution >= 4 is 21.9 Å². The van der Waals surface area contributed by atoms with Gasteiger partial charge in [0.1, 0.15) is 0 Å². The predicted octanol–water partition coefficient (Wildman–Crippen LogP) is 3.53. The topological polar surface area (TPSA) is 26.3 Å². The summed E-state index contributed by atoms with van der Waals surface area (Å²) >= 11 is 3.07. The van der Waals surface area contributed by atoms with E-state index in [9.17, 15) is 18.0 Å². The molecule has 1 unspecified atom stereocenters. The molecule has 1 aromatic carbocycles. The van der Waals surface area contributed by atoms with Crippen molar-refractivity contribution < 1.29 is 22.7 Å². The number of hydrogen-bond donors (Lipinski definition) is 0. The Balaban J connectivity index is 2.76. The fourth-order valence-corrected chi connectivity index (χ4v) is 1.92. The van der Waals surface area contributed by atoms with Crippen molar-refractivity contribution in [1.82, 2.24) is 0 Å². The van der Waals surface area contributed by atoms with Crippen LogP contribution in [0.4, 0.5) is 13.2 Å². The molecule has 0 saturated carbocycles. The highest BCUT2D eigenvalue weighted by Crippen LogP contribution is 2.30. The van der Waals surface area contributed by atoms with Gasteiger partial charge in [0.05, 0.1) is 5.56 Å². The molecule has 0 aliphatic rings. The molecular formula is C11H10BrF3O2. The molecule has 2 nitrogen and oxygen atoms in total. The van der Waals surface area contributed by atoms with Crippen molar-refractivity contribution in [3.05, 3.63) is 35.4 Å². The molecule has 1 atom stereocenters. The summed E-state index contributed by atoms with van der Waals surface area (Å²) in [4.78, 5) is 10.6. The molecule has 1 rings (SSSR count). The van der Waals surface area contributed by atoms with Gasteiger partial charge in [-0.1, -0.05) is 18.2 Å². The third kappa shape index (κ3) is 4.77. The molecule has 0 aliphatic carbocycles. The summed E-state index contributed by atoms with van der Waals surface area (Å²) < 4.78 is 42.0. The second-order valence-electron chi connectivity index (χ2n) is 3.42. The number of hydrogen-bond acceptors (Lipinski definition) is 2. The smallest absolute Gasteiger partial charge is 0.416 e. The molecule has 0 bridgehead atoms. The summed E-state index contributed by atoms with van der Waals surface area (Å²) in [5, 5.41) is -0.622. The van der Waals surface area contributed by atoms with Gasteiger partial charge in [-0.25, -0.2) is 0 Å². The van der Waals surface area contributed by atoms with E-state index in [-0.39, 0.29) is 6.42 Å². The molecule has 0 aliphatic heterocycles. The van der Waals surface area contributed by atoms with Crippen LogP contribution in [0, 0.1) is 0 Å². The maximum absolute atomic E-state index is 12.4. The van der Waals surface area contributed by atoms with Crippen molar-refractivity contribution in [3.63, 3.8) is 0 Å². The summed E-state index contributed by atoms with van der Waals surface area (Å²) in [6.45, 7) is 1.24. The number of carbonyl (C=O) groups excluding carboxylic acids is 1. The molecule has 0 amide bonds. The van der Waals surface area contributed by atoms with Crippen molar-refractivity contribution in [3.8, 4) is 0 Å². The van der Waals surface area contributed by atoms with Crippen molar-refractivity contribution in [2.24, 2.45) is 0 Å². The lowest BCUT2D eigenvalue weighted by Crippen LogP contribution is -2.12. The fourth-order valence-electron chi connectivity index (χ4n) is 1.28. The van der Waals surface area contributed by atoms with E-state index in [0.29, 0.717) is 5.56 Å². The highest BCUT2D eigenvalue weighted by atomic mass is 79.9. The normalized spacial score (nSPS) is 13.2. The minimum Gasteiger partial charge on any atom is -0.451 e. The third-order valence-electron chi connectivity index (χ3n) is 1.94. The van der Waals surface area contributed by atoms with Crippen LogP contribution in [0.15, 0.2) is 24.3 Å². The number of rotatable bonds is 3. The van der Waals surface area contributed by atoms with E-state index >= 15 is 0 Å². The average Bonchev–Trinajstić information content (AvgIpc) is 2.15. The second-order valence-corrected chi connectivity index (χ2v) is 4.44. The average molecular weight is 311 g/mol. The van der Waals surface area contributed by atoms with Gasteiger partial charge in [-0.3, -0.25) is 4.79 Å². The molecular weight excluding hydrogens is 301 g/mol. The van der Waals surface area contributed by atoms with Crippen LogP contribution in [0.1, 0.15) is 18.1 Å². The first-order valence-corrected chi connectivity index (χ1v) is 5.68. The first-order valence-electron chi connectivity index (χ1n) is 4.76. The summed E-state index contributed by atoms with van der Waals surface area (Å²) in [6.07, 6.45) is -4.18. The van der Waals surface area contributed by atoms with Gasteiger partial charge in [-0.15, -0.1) is 0 Å². The van der Waals surface area contributed by atoms with Crippen molar-refractivity contribution in [2.45, 2.75) is 24.5 Å². The minimum atomic E-state index is -4.36. The molecule has 1 aromatic rings. The van der Waals surface area contributed by atoms with Gasteiger partial charge in [0, 0.05) is 13.3 Å². The molecule has 0 spiro atoms. The molecule has 94 valence electrons. The van der Waals surface area contributed by atoms with Crippen LogP contribution in [0.5, 0.6) is 0 Å². The Morgan fingerprint density at radius 2 is 2.12 bits per heavy atom. The number of esters is 1. The highest BCUT2D eigenvalue weighted by molar-refractivity contribution is 9.09. The lowest BCUT2D eigenvalue weighted by atomic mass is 10.1. The molecule has 0 aromatic heterocycles. The van der Waals surface area contributed by atoms with Gasteiger partial charge in [-0.05, 0) is 27.6 Å². The third-order valence-corrected chi connectivity index (χ3v) is 2.45. The lowest BCUT2D eigenvalue weighted by Gasteiger charge is -2.12.